The highest BCUT2D eigenvalue weighted by molar-refractivity contribution is 9.10. The third kappa shape index (κ3) is 4.18. The largest absolute Gasteiger partial charge is 0.350 e. The number of hydrogen-bond acceptors (Lipinski definition) is 4. The Balaban J connectivity index is 1.60. The molecule has 3 rings (SSSR count). The number of nitrogens with zero attached hydrogens (tertiary/aromatic N) is 4. The van der Waals surface area contributed by atoms with Gasteiger partial charge in [0.25, 0.3) is 0 Å². The lowest BCUT2D eigenvalue weighted by atomic mass is 10.2. The Bertz CT molecular complexity index is 867. The van der Waals surface area contributed by atoms with Crippen LogP contribution in [0.25, 0.3) is 11.4 Å². The predicted octanol–water partition coefficient (Wildman–Crippen LogP) is 3.07. The second-order valence-corrected chi connectivity index (χ2v) is 6.32. The van der Waals surface area contributed by atoms with Crippen molar-refractivity contribution in [2.24, 2.45) is 0 Å². The van der Waals surface area contributed by atoms with Crippen molar-refractivity contribution in [1.82, 2.24) is 25.5 Å². The molecule has 1 N–H and O–H groups in total. The molecular formula is C16H13BrClN5O. The zero-order valence-corrected chi connectivity index (χ0v) is 14.8. The molecule has 1 heterocycles. The van der Waals surface area contributed by atoms with E-state index in [0.717, 1.165) is 15.6 Å². The van der Waals surface area contributed by atoms with Crippen molar-refractivity contribution in [3.63, 3.8) is 0 Å². The summed E-state index contributed by atoms with van der Waals surface area (Å²) < 4.78 is 0.870. The molecule has 0 bridgehead atoms. The molecule has 0 atom stereocenters. The van der Waals surface area contributed by atoms with Gasteiger partial charge in [0.15, 0.2) is 0 Å². The Morgan fingerprint density at radius 2 is 2.04 bits per heavy atom. The van der Waals surface area contributed by atoms with Gasteiger partial charge in [-0.1, -0.05) is 51.8 Å². The maximum atomic E-state index is 12.0. The number of carbonyl (C=O) groups is 1. The fourth-order valence-electron chi connectivity index (χ4n) is 2.09. The fourth-order valence-corrected chi connectivity index (χ4v) is 2.77. The minimum absolute atomic E-state index is 0.00197. The van der Waals surface area contributed by atoms with Crippen molar-refractivity contribution < 1.29 is 4.79 Å². The van der Waals surface area contributed by atoms with E-state index in [1.54, 1.807) is 12.1 Å². The van der Waals surface area contributed by atoms with Gasteiger partial charge in [0.1, 0.15) is 6.54 Å². The highest BCUT2D eigenvalue weighted by Crippen LogP contribution is 2.24. The van der Waals surface area contributed by atoms with Gasteiger partial charge in [0, 0.05) is 21.6 Å². The van der Waals surface area contributed by atoms with Gasteiger partial charge in [-0.2, -0.15) is 4.80 Å². The monoisotopic (exact) mass is 405 g/mol. The Labute approximate surface area is 152 Å². The fraction of sp³-hybridized carbons (Fsp3) is 0.125. The van der Waals surface area contributed by atoms with Gasteiger partial charge in [-0.15, -0.1) is 10.2 Å². The van der Waals surface area contributed by atoms with Crippen molar-refractivity contribution in [2.75, 3.05) is 0 Å². The normalized spacial score (nSPS) is 10.6. The highest BCUT2D eigenvalue weighted by Gasteiger charge is 2.11. The summed E-state index contributed by atoms with van der Waals surface area (Å²) in [5, 5.41) is 15.6. The molecule has 2 aromatic carbocycles. The maximum Gasteiger partial charge on any atom is 0.243 e. The average molecular weight is 407 g/mol. The van der Waals surface area contributed by atoms with Crippen molar-refractivity contribution in [3.05, 3.63) is 63.6 Å². The number of carbonyl (C=O) groups excluding carboxylic acids is 1. The molecule has 1 aromatic heterocycles. The SMILES string of the molecule is O=C(Cn1nnc(-c2ccccc2Br)n1)NCc1cccc(Cl)c1. The molecule has 1 amide bonds. The van der Waals surface area contributed by atoms with E-state index < -0.39 is 0 Å². The summed E-state index contributed by atoms with van der Waals surface area (Å²) >= 11 is 9.36. The molecule has 8 heteroatoms. The lowest BCUT2D eigenvalue weighted by molar-refractivity contribution is -0.122. The number of hydrogen-bond donors (Lipinski definition) is 1. The van der Waals surface area contributed by atoms with Gasteiger partial charge < -0.3 is 5.32 Å². The van der Waals surface area contributed by atoms with Gasteiger partial charge in [0.2, 0.25) is 11.7 Å². The Hall–Kier alpha value is -2.25. The summed E-state index contributed by atoms with van der Waals surface area (Å²) in [7, 11) is 0. The van der Waals surface area contributed by atoms with E-state index in [1.165, 1.54) is 4.80 Å². The molecule has 0 aliphatic carbocycles. The summed E-state index contributed by atoms with van der Waals surface area (Å²) in [5.41, 5.74) is 1.75. The van der Waals surface area contributed by atoms with Crippen LogP contribution in [0.15, 0.2) is 53.0 Å². The molecule has 24 heavy (non-hydrogen) atoms. The van der Waals surface area contributed by atoms with Crippen LogP contribution in [0.5, 0.6) is 0 Å². The lowest BCUT2D eigenvalue weighted by Gasteiger charge is -2.05. The first kappa shape index (κ1) is 16.6. The molecule has 0 fully saturated rings. The number of benzene rings is 2. The number of halogens is 2. The van der Waals surface area contributed by atoms with Crippen molar-refractivity contribution in [2.45, 2.75) is 13.1 Å². The summed E-state index contributed by atoms with van der Waals surface area (Å²) in [4.78, 5) is 13.3. The molecule has 3 aromatic rings. The van der Waals surface area contributed by atoms with E-state index in [4.69, 9.17) is 11.6 Å². The molecular weight excluding hydrogens is 394 g/mol. The van der Waals surface area contributed by atoms with Crippen LogP contribution in [0.4, 0.5) is 0 Å². The zero-order valence-electron chi connectivity index (χ0n) is 12.5. The van der Waals surface area contributed by atoms with Gasteiger partial charge in [-0.3, -0.25) is 4.79 Å². The van der Waals surface area contributed by atoms with E-state index in [1.807, 2.05) is 36.4 Å². The molecule has 0 aliphatic rings. The van der Waals surface area contributed by atoms with Crippen LogP contribution in [0.3, 0.4) is 0 Å². The third-order valence-corrected chi connectivity index (χ3v) is 4.16. The Kier molecular flexibility index (Phi) is 5.22. The number of nitrogens with one attached hydrogen (secondary N) is 1. The van der Waals surface area contributed by atoms with Crippen LogP contribution >= 0.6 is 27.5 Å². The summed E-state index contributed by atoms with van der Waals surface area (Å²) in [6.07, 6.45) is 0. The van der Waals surface area contributed by atoms with Crippen LogP contribution < -0.4 is 5.32 Å². The zero-order chi connectivity index (χ0) is 16.9. The van der Waals surface area contributed by atoms with Crippen LogP contribution in [0.2, 0.25) is 5.02 Å². The molecule has 0 saturated carbocycles. The summed E-state index contributed by atoms with van der Waals surface area (Å²) in [6, 6.07) is 14.9. The maximum absolute atomic E-state index is 12.0. The van der Waals surface area contributed by atoms with Gasteiger partial charge >= 0.3 is 0 Å². The van der Waals surface area contributed by atoms with Crippen LogP contribution in [0.1, 0.15) is 5.56 Å². The minimum atomic E-state index is -0.203. The molecule has 0 aliphatic heterocycles. The number of rotatable bonds is 5. The van der Waals surface area contributed by atoms with E-state index >= 15 is 0 Å². The second-order valence-electron chi connectivity index (χ2n) is 5.03. The Morgan fingerprint density at radius 1 is 1.21 bits per heavy atom. The van der Waals surface area contributed by atoms with E-state index in [2.05, 4.69) is 36.7 Å². The van der Waals surface area contributed by atoms with Gasteiger partial charge in [-0.25, -0.2) is 0 Å². The van der Waals surface area contributed by atoms with E-state index in [-0.39, 0.29) is 12.5 Å². The van der Waals surface area contributed by atoms with Crippen molar-refractivity contribution in [1.29, 1.82) is 0 Å². The van der Waals surface area contributed by atoms with Crippen molar-refractivity contribution >= 4 is 33.4 Å². The first-order valence-corrected chi connectivity index (χ1v) is 8.33. The van der Waals surface area contributed by atoms with Gasteiger partial charge in [0.05, 0.1) is 0 Å². The first-order valence-electron chi connectivity index (χ1n) is 7.15. The Morgan fingerprint density at radius 3 is 2.83 bits per heavy atom. The molecule has 6 nitrogen and oxygen atoms in total. The lowest BCUT2D eigenvalue weighted by Crippen LogP contribution is -2.28. The number of aromatic nitrogens is 4. The molecule has 0 spiro atoms. The predicted molar refractivity (Wildman–Crippen MR) is 94.3 cm³/mol. The minimum Gasteiger partial charge on any atom is -0.350 e. The second kappa shape index (κ2) is 7.55. The van der Waals surface area contributed by atoms with E-state index in [9.17, 15) is 4.79 Å². The standard InChI is InChI=1S/C16H13BrClN5O/c17-14-7-2-1-6-13(14)16-20-22-23(21-16)10-15(24)19-9-11-4-3-5-12(18)8-11/h1-8H,9-10H2,(H,19,24). The number of tetrazole rings is 1. The third-order valence-electron chi connectivity index (χ3n) is 3.23. The smallest absolute Gasteiger partial charge is 0.243 e. The van der Waals surface area contributed by atoms with Gasteiger partial charge in [-0.05, 0) is 35.0 Å². The molecule has 122 valence electrons. The average Bonchev–Trinajstić information content (AvgIpc) is 3.02. The first-order chi connectivity index (χ1) is 11.6. The van der Waals surface area contributed by atoms with Crippen LogP contribution in [-0.4, -0.2) is 26.1 Å². The topological polar surface area (TPSA) is 72.7 Å². The summed E-state index contributed by atoms with van der Waals surface area (Å²) in [5.74, 6) is 0.260. The molecule has 0 radical (unpaired) electrons. The summed E-state index contributed by atoms with van der Waals surface area (Å²) in [6.45, 7) is 0.392. The van der Waals surface area contributed by atoms with E-state index in [0.29, 0.717) is 17.4 Å². The van der Waals surface area contributed by atoms with Crippen LogP contribution in [0, 0.1) is 0 Å². The highest BCUT2D eigenvalue weighted by atomic mass is 79.9. The number of amides is 1. The van der Waals surface area contributed by atoms with Crippen LogP contribution in [-0.2, 0) is 17.9 Å². The molecule has 0 unspecified atom stereocenters. The quantitative estimate of drug-likeness (QED) is 0.707. The molecule has 0 saturated heterocycles. The van der Waals surface area contributed by atoms with Crippen molar-refractivity contribution in [3.8, 4) is 11.4 Å².